The average molecular weight is 447 g/mol. The van der Waals surface area contributed by atoms with Crippen LogP contribution in [0.4, 0.5) is 5.69 Å². The Morgan fingerprint density at radius 3 is 2.67 bits per heavy atom. The molecular formula is C20H19BrN2O3S. The Morgan fingerprint density at radius 2 is 2.00 bits per heavy atom. The maximum absolute atomic E-state index is 12.3. The van der Waals surface area contributed by atoms with Gasteiger partial charge < -0.3 is 15.2 Å². The minimum absolute atomic E-state index is 0.0415. The lowest BCUT2D eigenvalue weighted by Gasteiger charge is -2.08. The molecule has 0 unspecified atom stereocenters. The molecule has 2 N–H and O–H groups in total. The molecule has 0 saturated carbocycles. The number of carbonyl (C=O) groups excluding carboxylic acids is 1. The van der Waals surface area contributed by atoms with Crippen molar-refractivity contribution < 1.29 is 14.6 Å². The molecule has 1 saturated heterocycles. The third kappa shape index (κ3) is 4.36. The van der Waals surface area contributed by atoms with Crippen molar-refractivity contribution in [3.05, 3.63) is 56.4 Å². The molecule has 0 aliphatic carbocycles. The molecule has 1 fully saturated rings. The predicted molar refractivity (Wildman–Crippen MR) is 114 cm³/mol. The van der Waals surface area contributed by atoms with Crippen LogP contribution >= 0.6 is 27.7 Å². The summed E-state index contributed by atoms with van der Waals surface area (Å²) in [5.74, 6) is 0.207. The van der Waals surface area contributed by atoms with Gasteiger partial charge in [0.25, 0.3) is 5.91 Å². The number of thioether (sulfide) groups is 1. The molecule has 3 rings (SSSR count). The van der Waals surface area contributed by atoms with E-state index in [-0.39, 0.29) is 11.7 Å². The SMILES string of the molecule is CCOc1cc(/C=C2/SC(=Nc3c(C)cccc3C)NC2=O)cc(Br)c1O. The molecule has 7 heteroatoms. The van der Waals surface area contributed by atoms with Crippen LogP contribution in [0.1, 0.15) is 23.6 Å². The second-order valence-corrected chi connectivity index (χ2v) is 7.89. The van der Waals surface area contributed by atoms with Crippen LogP contribution in [0.25, 0.3) is 6.08 Å². The van der Waals surface area contributed by atoms with Crippen molar-refractivity contribution in [3.8, 4) is 11.5 Å². The van der Waals surface area contributed by atoms with Gasteiger partial charge in [0.05, 0.1) is 21.7 Å². The molecule has 27 heavy (non-hydrogen) atoms. The number of aliphatic imine (C=N–C) groups is 1. The van der Waals surface area contributed by atoms with Gasteiger partial charge in [-0.1, -0.05) is 18.2 Å². The zero-order valence-electron chi connectivity index (χ0n) is 15.2. The normalized spacial score (nSPS) is 16.8. The van der Waals surface area contributed by atoms with Gasteiger partial charge in [0.15, 0.2) is 16.7 Å². The van der Waals surface area contributed by atoms with Crippen molar-refractivity contribution in [3.63, 3.8) is 0 Å². The van der Waals surface area contributed by atoms with E-state index >= 15 is 0 Å². The molecule has 0 bridgehead atoms. The summed E-state index contributed by atoms with van der Waals surface area (Å²) in [4.78, 5) is 17.5. The number of aromatic hydroxyl groups is 1. The Morgan fingerprint density at radius 1 is 1.30 bits per heavy atom. The smallest absolute Gasteiger partial charge is 0.264 e. The number of phenolic OH excluding ortho intramolecular Hbond substituents is 1. The summed E-state index contributed by atoms with van der Waals surface area (Å²) in [5.41, 5.74) is 3.72. The van der Waals surface area contributed by atoms with Crippen molar-refractivity contribution >= 4 is 50.5 Å². The van der Waals surface area contributed by atoms with Crippen molar-refractivity contribution in [1.29, 1.82) is 0 Å². The van der Waals surface area contributed by atoms with Gasteiger partial charge in [-0.25, -0.2) is 4.99 Å². The van der Waals surface area contributed by atoms with Crippen molar-refractivity contribution in [1.82, 2.24) is 5.32 Å². The quantitative estimate of drug-likeness (QED) is 0.643. The van der Waals surface area contributed by atoms with E-state index in [0.717, 1.165) is 22.4 Å². The minimum atomic E-state index is -0.202. The van der Waals surface area contributed by atoms with Gasteiger partial charge in [0.1, 0.15) is 0 Å². The van der Waals surface area contributed by atoms with Gasteiger partial charge in [0.2, 0.25) is 0 Å². The summed E-state index contributed by atoms with van der Waals surface area (Å²) >= 11 is 4.60. The Kier molecular flexibility index (Phi) is 5.92. The van der Waals surface area contributed by atoms with Crippen LogP contribution in [0.3, 0.4) is 0 Å². The van der Waals surface area contributed by atoms with E-state index in [9.17, 15) is 9.90 Å². The number of carbonyl (C=O) groups is 1. The van der Waals surface area contributed by atoms with E-state index in [1.807, 2.05) is 39.0 Å². The second-order valence-electron chi connectivity index (χ2n) is 6.00. The number of para-hydroxylation sites is 1. The number of hydrogen-bond donors (Lipinski definition) is 2. The molecular weight excluding hydrogens is 428 g/mol. The average Bonchev–Trinajstić information content (AvgIpc) is 2.95. The van der Waals surface area contributed by atoms with Crippen molar-refractivity contribution in [2.75, 3.05) is 6.61 Å². The van der Waals surface area contributed by atoms with Crippen LogP contribution in [-0.2, 0) is 4.79 Å². The number of amides is 1. The fourth-order valence-electron chi connectivity index (χ4n) is 2.66. The van der Waals surface area contributed by atoms with Crippen LogP contribution < -0.4 is 10.1 Å². The first kappa shape index (κ1) is 19.5. The number of phenols is 1. The summed E-state index contributed by atoms with van der Waals surface area (Å²) in [6.45, 7) is 6.26. The molecule has 5 nitrogen and oxygen atoms in total. The highest BCUT2D eigenvalue weighted by Gasteiger charge is 2.24. The fraction of sp³-hybridized carbons (Fsp3) is 0.200. The molecule has 0 atom stereocenters. The molecule has 1 aliphatic rings. The van der Waals surface area contributed by atoms with E-state index in [0.29, 0.717) is 26.9 Å². The fourth-order valence-corrected chi connectivity index (χ4v) is 3.95. The van der Waals surface area contributed by atoms with Crippen LogP contribution in [0.2, 0.25) is 0 Å². The zero-order valence-corrected chi connectivity index (χ0v) is 17.6. The lowest BCUT2D eigenvalue weighted by Crippen LogP contribution is -2.19. The number of nitrogens with one attached hydrogen (secondary N) is 1. The lowest BCUT2D eigenvalue weighted by molar-refractivity contribution is -0.115. The standard InChI is InChI=1S/C20H19BrN2O3S/c1-4-26-15-9-13(8-14(21)18(15)24)10-16-19(25)23-20(27-16)22-17-11(2)6-5-7-12(17)3/h5-10,24H,4H2,1-3H3,(H,22,23,25)/b16-10+. The molecule has 140 valence electrons. The number of halogens is 1. The first-order valence-corrected chi connectivity index (χ1v) is 10.0. The summed E-state index contributed by atoms with van der Waals surface area (Å²) in [7, 11) is 0. The third-order valence-corrected chi connectivity index (χ3v) is 5.47. The summed E-state index contributed by atoms with van der Waals surface area (Å²) in [6.07, 6.45) is 1.75. The van der Waals surface area contributed by atoms with Gasteiger partial charge in [-0.05, 0) is 83.4 Å². The Hall–Kier alpha value is -2.25. The van der Waals surface area contributed by atoms with Crippen LogP contribution in [0.15, 0.2) is 44.7 Å². The number of aryl methyl sites for hydroxylation is 2. The first-order valence-electron chi connectivity index (χ1n) is 8.40. The van der Waals surface area contributed by atoms with Gasteiger partial charge in [0, 0.05) is 0 Å². The summed E-state index contributed by atoms with van der Waals surface area (Å²) < 4.78 is 5.94. The van der Waals surface area contributed by atoms with Gasteiger partial charge in [-0.15, -0.1) is 0 Å². The maximum atomic E-state index is 12.3. The molecule has 1 heterocycles. The highest BCUT2D eigenvalue weighted by molar-refractivity contribution is 9.10. The summed E-state index contributed by atoms with van der Waals surface area (Å²) in [6, 6.07) is 9.41. The van der Waals surface area contributed by atoms with E-state index in [1.165, 1.54) is 11.8 Å². The van der Waals surface area contributed by atoms with Crippen molar-refractivity contribution in [2.45, 2.75) is 20.8 Å². The molecule has 0 aromatic heterocycles. The van der Waals surface area contributed by atoms with E-state index in [1.54, 1.807) is 18.2 Å². The number of hydrogen-bond acceptors (Lipinski definition) is 5. The van der Waals surface area contributed by atoms with Crippen LogP contribution in [-0.4, -0.2) is 22.8 Å². The van der Waals surface area contributed by atoms with Crippen LogP contribution in [0.5, 0.6) is 11.5 Å². The topological polar surface area (TPSA) is 70.9 Å². The lowest BCUT2D eigenvalue weighted by atomic mass is 10.1. The highest BCUT2D eigenvalue weighted by Crippen LogP contribution is 2.37. The number of benzene rings is 2. The zero-order chi connectivity index (χ0) is 19.6. The number of rotatable bonds is 4. The number of nitrogens with zero attached hydrogens (tertiary/aromatic N) is 1. The summed E-state index contributed by atoms with van der Waals surface area (Å²) in [5, 5.41) is 13.4. The number of ether oxygens (including phenoxy) is 1. The molecule has 2 aromatic rings. The van der Waals surface area contributed by atoms with E-state index in [2.05, 4.69) is 26.2 Å². The second kappa shape index (κ2) is 8.19. The van der Waals surface area contributed by atoms with Gasteiger partial charge >= 0.3 is 0 Å². The van der Waals surface area contributed by atoms with Crippen LogP contribution in [0, 0.1) is 13.8 Å². The number of amidine groups is 1. The monoisotopic (exact) mass is 446 g/mol. The third-order valence-electron chi connectivity index (χ3n) is 3.95. The minimum Gasteiger partial charge on any atom is -0.503 e. The largest absolute Gasteiger partial charge is 0.503 e. The molecule has 0 spiro atoms. The van der Waals surface area contributed by atoms with Crippen molar-refractivity contribution in [2.24, 2.45) is 4.99 Å². The Bertz CT molecular complexity index is 950. The molecule has 0 radical (unpaired) electrons. The predicted octanol–water partition coefficient (Wildman–Crippen LogP) is 5.06. The molecule has 1 aliphatic heterocycles. The maximum Gasteiger partial charge on any atom is 0.264 e. The Labute approximate surface area is 170 Å². The Balaban J connectivity index is 1.91. The van der Waals surface area contributed by atoms with Gasteiger partial charge in [-0.2, -0.15) is 0 Å². The van der Waals surface area contributed by atoms with E-state index in [4.69, 9.17) is 4.74 Å². The highest BCUT2D eigenvalue weighted by atomic mass is 79.9. The molecule has 1 amide bonds. The first-order chi connectivity index (χ1) is 12.9. The van der Waals surface area contributed by atoms with E-state index < -0.39 is 0 Å². The van der Waals surface area contributed by atoms with Gasteiger partial charge in [-0.3, -0.25) is 4.79 Å². The molecule has 2 aromatic carbocycles.